The quantitative estimate of drug-likeness (QED) is 0.512. The third-order valence-corrected chi connectivity index (χ3v) is 5.24. The highest BCUT2D eigenvalue weighted by Gasteiger charge is 2.32. The molecule has 1 saturated heterocycles. The molecule has 4 aromatic rings. The van der Waals surface area contributed by atoms with Crippen molar-refractivity contribution >= 4 is 39.3 Å². The summed E-state index contributed by atoms with van der Waals surface area (Å²) in [6.07, 6.45) is 0.582. The number of carbonyl (C=O) groups excluding carboxylic acids is 1. The summed E-state index contributed by atoms with van der Waals surface area (Å²) in [7, 11) is 0. The lowest BCUT2D eigenvalue weighted by molar-refractivity contribution is 0.0768. The minimum absolute atomic E-state index is 0.244. The molecule has 3 heterocycles. The summed E-state index contributed by atoms with van der Waals surface area (Å²) in [6.45, 7) is 0.488. The Balaban J connectivity index is 1.59. The normalized spacial score (nSPS) is 14.3. The number of nitrogens with one attached hydrogen (secondary N) is 1. The van der Waals surface area contributed by atoms with Crippen LogP contribution in [0.5, 0.6) is 0 Å². The Kier molecular flexibility index (Phi) is 3.73. The lowest BCUT2D eigenvalue weighted by atomic mass is 10.1. The SMILES string of the molecule is O=C(NC1CN(C(=O)O)C1)c1cccn2c(=O)c3cc4ccccc4cc3nc12. The van der Waals surface area contributed by atoms with Crippen molar-refractivity contribution in [3.05, 3.63) is 70.6 Å². The van der Waals surface area contributed by atoms with Gasteiger partial charge in [0.25, 0.3) is 11.5 Å². The molecule has 8 heteroatoms. The van der Waals surface area contributed by atoms with Crippen LogP contribution in [0.2, 0.25) is 0 Å². The minimum atomic E-state index is -1.01. The summed E-state index contributed by atoms with van der Waals surface area (Å²) in [6, 6.07) is 14.4. The van der Waals surface area contributed by atoms with Gasteiger partial charge in [0.2, 0.25) is 0 Å². The summed E-state index contributed by atoms with van der Waals surface area (Å²) in [5.74, 6) is -0.384. The van der Waals surface area contributed by atoms with Crippen molar-refractivity contribution in [1.82, 2.24) is 19.6 Å². The van der Waals surface area contributed by atoms with E-state index < -0.39 is 6.09 Å². The number of benzene rings is 2. The van der Waals surface area contributed by atoms with Crippen molar-refractivity contribution in [2.45, 2.75) is 6.04 Å². The standard InChI is InChI=1S/C21H16N4O4/c26-19(22-14-10-24(11-14)21(28)29)15-6-3-7-25-18(15)23-17-9-13-5-2-1-4-12(13)8-16(17)20(25)27/h1-9,14H,10-11H2,(H,22,26)(H,28,29). The first-order valence-corrected chi connectivity index (χ1v) is 9.14. The fraction of sp³-hybridized carbons (Fsp3) is 0.143. The third kappa shape index (κ3) is 2.77. The second-order valence-corrected chi connectivity index (χ2v) is 7.11. The van der Waals surface area contributed by atoms with Crippen molar-refractivity contribution in [3.63, 3.8) is 0 Å². The molecule has 2 aromatic heterocycles. The van der Waals surface area contributed by atoms with E-state index in [1.807, 2.05) is 36.4 Å². The van der Waals surface area contributed by atoms with E-state index in [1.165, 1.54) is 9.30 Å². The van der Waals surface area contributed by atoms with E-state index in [0.29, 0.717) is 10.9 Å². The van der Waals surface area contributed by atoms with Crippen LogP contribution in [0.1, 0.15) is 10.4 Å². The summed E-state index contributed by atoms with van der Waals surface area (Å²) in [4.78, 5) is 42.5. The number of rotatable bonds is 2. The number of fused-ring (bicyclic) bond motifs is 3. The Morgan fingerprint density at radius 1 is 1.07 bits per heavy atom. The van der Waals surface area contributed by atoms with Crippen LogP contribution < -0.4 is 10.9 Å². The number of pyridine rings is 1. The summed E-state index contributed by atoms with van der Waals surface area (Å²) in [5.41, 5.74) is 0.821. The first-order valence-electron chi connectivity index (χ1n) is 9.14. The van der Waals surface area contributed by atoms with E-state index in [1.54, 1.807) is 18.3 Å². The zero-order chi connectivity index (χ0) is 20.1. The molecule has 1 fully saturated rings. The predicted molar refractivity (Wildman–Crippen MR) is 107 cm³/mol. The van der Waals surface area contributed by atoms with Gasteiger partial charge in [-0.05, 0) is 35.0 Å². The molecule has 144 valence electrons. The number of aromatic nitrogens is 2. The molecule has 5 rings (SSSR count). The second-order valence-electron chi connectivity index (χ2n) is 7.11. The molecular formula is C21H16N4O4. The minimum Gasteiger partial charge on any atom is -0.465 e. The topological polar surface area (TPSA) is 104 Å². The smallest absolute Gasteiger partial charge is 0.407 e. The Morgan fingerprint density at radius 3 is 2.52 bits per heavy atom. The van der Waals surface area contributed by atoms with Crippen molar-refractivity contribution in [3.8, 4) is 0 Å². The Bertz CT molecular complexity index is 1370. The number of likely N-dealkylation sites (tertiary alicyclic amines) is 1. The largest absolute Gasteiger partial charge is 0.465 e. The van der Waals surface area contributed by atoms with Gasteiger partial charge in [-0.2, -0.15) is 0 Å². The van der Waals surface area contributed by atoms with Crippen LogP contribution in [-0.4, -0.2) is 50.5 Å². The van der Waals surface area contributed by atoms with E-state index in [0.717, 1.165) is 10.8 Å². The van der Waals surface area contributed by atoms with Crippen LogP contribution in [0.4, 0.5) is 4.79 Å². The number of amides is 2. The molecule has 0 bridgehead atoms. The van der Waals surface area contributed by atoms with Crippen molar-refractivity contribution in [2.75, 3.05) is 13.1 Å². The van der Waals surface area contributed by atoms with Gasteiger partial charge in [-0.1, -0.05) is 24.3 Å². The Hall–Kier alpha value is -3.94. The molecule has 1 aliphatic heterocycles. The Morgan fingerprint density at radius 2 is 1.79 bits per heavy atom. The fourth-order valence-electron chi connectivity index (χ4n) is 3.68. The van der Waals surface area contributed by atoms with Gasteiger partial charge in [-0.15, -0.1) is 0 Å². The fourth-order valence-corrected chi connectivity index (χ4v) is 3.68. The molecular weight excluding hydrogens is 372 g/mol. The van der Waals surface area contributed by atoms with Crippen LogP contribution in [0, 0.1) is 0 Å². The van der Waals surface area contributed by atoms with Gasteiger partial charge in [-0.25, -0.2) is 9.78 Å². The van der Waals surface area contributed by atoms with Gasteiger partial charge in [0.15, 0.2) is 5.65 Å². The Labute approximate surface area is 164 Å². The number of carboxylic acid groups (broad SMARTS) is 1. The monoisotopic (exact) mass is 388 g/mol. The molecule has 29 heavy (non-hydrogen) atoms. The van der Waals surface area contributed by atoms with Crippen LogP contribution in [0.15, 0.2) is 59.5 Å². The van der Waals surface area contributed by atoms with E-state index >= 15 is 0 Å². The van der Waals surface area contributed by atoms with E-state index in [-0.39, 0.29) is 41.8 Å². The van der Waals surface area contributed by atoms with Gasteiger partial charge in [0, 0.05) is 19.3 Å². The van der Waals surface area contributed by atoms with Gasteiger partial charge in [-0.3, -0.25) is 14.0 Å². The molecule has 8 nitrogen and oxygen atoms in total. The molecule has 0 spiro atoms. The first kappa shape index (κ1) is 17.2. The van der Waals surface area contributed by atoms with Crippen LogP contribution in [0.3, 0.4) is 0 Å². The second kappa shape index (κ2) is 6.30. The summed E-state index contributed by atoms with van der Waals surface area (Å²) < 4.78 is 1.37. The number of hydrogen-bond donors (Lipinski definition) is 2. The first-order chi connectivity index (χ1) is 14.0. The maximum Gasteiger partial charge on any atom is 0.407 e. The lowest BCUT2D eigenvalue weighted by Crippen LogP contribution is -2.60. The summed E-state index contributed by atoms with van der Waals surface area (Å²) in [5, 5.41) is 14.1. The molecule has 0 saturated carbocycles. The van der Waals surface area contributed by atoms with Crippen LogP contribution in [0.25, 0.3) is 27.3 Å². The van der Waals surface area contributed by atoms with Crippen molar-refractivity contribution < 1.29 is 14.7 Å². The zero-order valence-corrected chi connectivity index (χ0v) is 15.2. The van der Waals surface area contributed by atoms with Gasteiger partial charge in [0.1, 0.15) is 0 Å². The van der Waals surface area contributed by atoms with Gasteiger partial charge in [0.05, 0.1) is 22.5 Å². The van der Waals surface area contributed by atoms with Crippen molar-refractivity contribution in [1.29, 1.82) is 0 Å². The molecule has 0 aliphatic carbocycles. The molecule has 2 aromatic carbocycles. The molecule has 0 radical (unpaired) electrons. The molecule has 2 amide bonds. The maximum atomic E-state index is 13.0. The molecule has 0 atom stereocenters. The number of hydrogen-bond acceptors (Lipinski definition) is 4. The molecule has 1 aliphatic rings. The van der Waals surface area contributed by atoms with E-state index in [4.69, 9.17) is 5.11 Å². The van der Waals surface area contributed by atoms with E-state index in [2.05, 4.69) is 10.3 Å². The van der Waals surface area contributed by atoms with Gasteiger partial charge >= 0.3 is 6.09 Å². The van der Waals surface area contributed by atoms with Crippen LogP contribution >= 0.6 is 0 Å². The highest BCUT2D eigenvalue weighted by Crippen LogP contribution is 2.21. The number of nitrogens with zero attached hydrogens (tertiary/aromatic N) is 3. The van der Waals surface area contributed by atoms with Crippen molar-refractivity contribution in [2.24, 2.45) is 0 Å². The maximum absolute atomic E-state index is 13.0. The molecule has 0 unspecified atom stereocenters. The van der Waals surface area contributed by atoms with Crippen LogP contribution in [-0.2, 0) is 0 Å². The highest BCUT2D eigenvalue weighted by atomic mass is 16.4. The van der Waals surface area contributed by atoms with E-state index in [9.17, 15) is 14.4 Å². The summed E-state index contributed by atoms with van der Waals surface area (Å²) >= 11 is 0. The lowest BCUT2D eigenvalue weighted by Gasteiger charge is -2.37. The van der Waals surface area contributed by atoms with Gasteiger partial charge < -0.3 is 15.3 Å². The third-order valence-electron chi connectivity index (χ3n) is 5.24. The highest BCUT2D eigenvalue weighted by molar-refractivity contribution is 6.02. The number of carbonyl (C=O) groups is 2. The predicted octanol–water partition coefficient (Wildman–Crippen LogP) is 2.09. The zero-order valence-electron chi connectivity index (χ0n) is 15.2. The average molecular weight is 388 g/mol. The average Bonchev–Trinajstić information content (AvgIpc) is 2.68. The molecule has 2 N–H and O–H groups in total.